The second-order valence-corrected chi connectivity index (χ2v) is 4.59. The number of aromatic nitrogens is 1. The van der Waals surface area contributed by atoms with Crippen LogP contribution in [0.25, 0.3) is 0 Å². The molecule has 0 spiro atoms. The van der Waals surface area contributed by atoms with Gasteiger partial charge in [-0.25, -0.2) is 0 Å². The van der Waals surface area contributed by atoms with E-state index in [-0.39, 0.29) is 0 Å². The molecule has 0 fully saturated rings. The molecular weight excluding hydrogens is 246 g/mol. The van der Waals surface area contributed by atoms with Crippen molar-refractivity contribution in [3.05, 3.63) is 78.1 Å². The van der Waals surface area contributed by atoms with Gasteiger partial charge in [-0.2, -0.15) is 5.26 Å². The molecule has 0 N–H and O–H groups in total. The Balaban J connectivity index is 2.09. The van der Waals surface area contributed by atoms with E-state index in [1.807, 2.05) is 48.5 Å². The van der Waals surface area contributed by atoms with Crippen molar-refractivity contribution in [2.45, 2.75) is 13.1 Å². The summed E-state index contributed by atoms with van der Waals surface area (Å²) in [5.74, 6) is 0. The Labute approximate surface area is 119 Å². The van der Waals surface area contributed by atoms with Crippen LogP contribution in [0.1, 0.15) is 16.8 Å². The molecule has 3 nitrogen and oxygen atoms in total. The highest BCUT2D eigenvalue weighted by Crippen LogP contribution is 2.10. The summed E-state index contributed by atoms with van der Waals surface area (Å²) in [6, 6.07) is 15.8. The Hall–Kier alpha value is -2.44. The van der Waals surface area contributed by atoms with Crippen LogP contribution in [0.15, 0.2) is 61.3 Å². The first kappa shape index (κ1) is 14.0. The Morgan fingerprint density at radius 2 is 2.10 bits per heavy atom. The van der Waals surface area contributed by atoms with E-state index in [0.717, 1.165) is 30.9 Å². The second kappa shape index (κ2) is 7.22. The lowest BCUT2D eigenvalue weighted by Crippen LogP contribution is -2.23. The predicted molar refractivity (Wildman–Crippen MR) is 79.7 cm³/mol. The quantitative estimate of drug-likeness (QED) is 0.752. The van der Waals surface area contributed by atoms with E-state index in [2.05, 4.69) is 22.5 Å². The van der Waals surface area contributed by atoms with Gasteiger partial charge in [0.2, 0.25) is 0 Å². The lowest BCUT2D eigenvalue weighted by atomic mass is 10.1. The molecule has 0 saturated carbocycles. The standard InChI is InChI=1S/C17H17N3/c1-2-10-20(14-17-8-3-4-9-19-17)13-16-7-5-6-15(11-16)12-18/h2-9,11H,1,10,13-14H2. The fourth-order valence-corrected chi connectivity index (χ4v) is 2.09. The van der Waals surface area contributed by atoms with Gasteiger partial charge in [0.15, 0.2) is 0 Å². The fourth-order valence-electron chi connectivity index (χ4n) is 2.09. The fraction of sp³-hybridized carbons (Fsp3) is 0.176. The number of hydrogen-bond donors (Lipinski definition) is 0. The highest BCUT2D eigenvalue weighted by molar-refractivity contribution is 5.32. The molecule has 0 aliphatic rings. The first-order valence-electron chi connectivity index (χ1n) is 6.54. The molecule has 0 bridgehead atoms. The molecule has 0 unspecified atom stereocenters. The van der Waals surface area contributed by atoms with Gasteiger partial charge >= 0.3 is 0 Å². The number of rotatable bonds is 6. The molecule has 1 aromatic carbocycles. The highest BCUT2D eigenvalue weighted by Gasteiger charge is 2.06. The van der Waals surface area contributed by atoms with E-state index in [4.69, 9.17) is 5.26 Å². The van der Waals surface area contributed by atoms with E-state index in [0.29, 0.717) is 5.56 Å². The molecule has 0 radical (unpaired) electrons. The first-order chi connectivity index (χ1) is 9.81. The summed E-state index contributed by atoms with van der Waals surface area (Å²) in [7, 11) is 0. The van der Waals surface area contributed by atoms with E-state index >= 15 is 0 Å². The normalized spacial score (nSPS) is 10.2. The molecule has 1 aromatic heterocycles. The third-order valence-electron chi connectivity index (χ3n) is 2.96. The van der Waals surface area contributed by atoms with Gasteiger partial charge in [-0.1, -0.05) is 24.3 Å². The number of nitrogens with zero attached hydrogens (tertiary/aromatic N) is 3. The number of hydrogen-bond acceptors (Lipinski definition) is 3. The summed E-state index contributed by atoms with van der Waals surface area (Å²) in [6.07, 6.45) is 3.69. The predicted octanol–water partition coefficient (Wildman–Crippen LogP) is 3.14. The van der Waals surface area contributed by atoms with E-state index < -0.39 is 0 Å². The zero-order chi connectivity index (χ0) is 14.2. The minimum Gasteiger partial charge on any atom is -0.290 e. The number of benzene rings is 1. The van der Waals surface area contributed by atoms with Crippen molar-refractivity contribution in [1.82, 2.24) is 9.88 Å². The van der Waals surface area contributed by atoms with Crippen LogP contribution in [0.4, 0.5) is 0 Å². The summed E-state index contributed by atoms with van der Waals surface area (Å²) in [4.78, 5) is 6.59. The Kier molecular flexibility index (Phi) is 5.05. The lowest BCUT2D eigenvalue weighted by molar-refractivity contribution is 0.282. The Bertz CT molecular complexity index is 599. The van der Waals surface area contributed by atoms with Gasteiger partial charge < -0.3 is 0 Å². The van der Waals surface area contributed by atoms with Crippen molar-refractivity contribution < 1.29 is 0 Å². The summed E-state index contributed by atoms with van der Waals surface area (Å²) in [6.45, 7) is 6.13. The SMILES string of the molecule is C=CCN(Cc1cccc(C#N)c1)Cc1ccccn1. The van der Waals surface area contributed by atoms with Gasteiger partial charge in [-0.05, 0) is 29.8 Å². The maximum absolute atomic E-state index is 8.94. The third-order valence-corrected chi connectivity index (χ3v) is 2.96. The minimum absolute atomic E-state index is 0.693. The van der Waals surface area contributed by atoms with Crippen molar-refractivity contribution in [3.63, 3.8) is 0 Å². The molecule has 1 heterocycles. The summed E-state index contributed by atoms with van der Waals surface area (Å²) in [5, 5.41) is 8.94. The maximum atomic E-state index is 8.94. The maximum Gasteiger partial charge on any atom is 0.0991 e. The highest BCUT2D eigenvalue weighted by atomic mass is 15.1. The number of nitriles is 1. The molecule has 0 aliphatic heterocycles. The van der Waals surface area contributed by atoms with Crippen molar-refractivity contribution in [3.8, 4) is 6.07 Å². The average molecular weight is 263 g/mol. The zero-order valence-corrected chi connectivity index (χ0v) is 11.4. The van der Waals surface area contributed by atoms with Crippen LogP contribution in [-0.4, -0.2) is 16.4 Å². The molecule has 2 rings (SSSR count). The van der Waals surface area contributed by atoms with Gasteiger partial charge in [0.05, 0.1) is 17.3 Å². The van der Waals surface area contributed by atoms with Crippen LogP contribution in [0.2, 0.25) is 0 Å². The molecule has 2 aromatic rings. The molecule has 0 amide bonds. The van der Waals surface area contributed by atoms with Gasteiger partial charge in [0, 0.05) is 25.8 Å². The molecule has 0 saturated heterocycles. The summed E-state index contributed by atoms with van der Waals surface area (Å²) >= 11 is 0. The van der Waals surface area contributed by atoms with Crippen LogP contribution in [0, 0.1) is 11.3 Å². The zero-order valence-electron chi connectivity index (χ0n) is 11.4. The lowest BCUT2D eigenvalue weighted by Gasteiger charge is -2.20. The van der Waals surface area contributed by atoms with Gasteiger partial charge in [0.1, 0.15) is 0 Å². The van der Waals surface area contributed by atoms with Gasteiger partial charge in [0.25, 0.3) is 0 Å². The minimum atomic E-state index is 0.693. The van der Waals surface area contributed by atoms with Crippen molar-refractivity contribution in [2.75, 3.05) is 6.54 Å². The topological polar surface area (TPSA) is 39.9 Å². The largest absolute Gasteiger partial charge is 0.290 e. The summed E-state index contributed by atoms with van der Waals surface area (Å²) < 4.78 is 0. The van der Waals surface area contributed by atoms with Crippen molar-refractivity contribution in [2.24, 2.45) is 0 Å². The van der Waals surface area contributed by atoms with E-state index in [9.17, 15) is 0 Å². The van der Waals surface area contributed by atoms with E-state index in [1.54, 1.807) is 6.20 Å². The average Bonchev–Trinajstić information content (AvgIpc) is 2.49. The van der Waals surface area contributed by atoms with Crippen molar-refractivity contribution in [1.29, 1.82) is 5.26 Å². The molecule has 3 heteroatoms. The van der Waals surface area contributed by atoms with Crippen LogP contribution < -0.4 is 0 Å². The monoisotopic (exact) mass is 263 g/mol. The second-order valence-electron chi connectivity index (χ2n) is 4.59. The van der Waals surface area contributed by atoms with E-state index in [1.165, 1.54) is 0 Å². The Morgan fingerprint density at radius 3 is 2.80 bits per heavy atom. The van der Waals surface area contributed by atoms with Crippen LogP contribution in [0.5, 0.6) is 0 Å². The molecule has 0 aliphatic carbocycles. The van der Waals surface area contributed by atoms with Crippen molar-refractivity contribution >= 4 is 0 Å². The third kappa shape index (κ3) is 4.04. The van der Waals surface area contributed by atoms with Gasteiger partial charge in [-0.3, -0.25) is 9.88 Å². The molecule has 100 valence electrons. The first-order valence-corrected chi connectivity index (χ1v) is 6.54. The van der Waals surface area contributed by atoms with Crippen LogP contribution >= 0.6 is 0 Å². The molecule has 20 heavy (non-hydrogen) atoms. The van der Waals surface area contributed by atoms with Gasteiger partial charge in [-0.15, -0.1) is 6.58 Å². The van der Waals surface area contributed by atoms with Crippen LogP contribution in [0.3, 0.4) is 0 Å². The molecular formula is C17H17N3. The smallest absolute Gasteiger partial charge is 0.0991 e. The summed E-state index contributed by atoms with van der Waals surface area (Å²) in [5.41, 5.74) is 2.85. The van der Waals surface area contributed by atoms with Crippen LogP contribution in [-0.2, 0) is 13.1 Å². The molecule has 0 atom stereocenters. The Morgan fingerprint density at radius 1 is 1.20 bits per heavy atom. The number of pyridine rings is 1.